The largest absolute Gasteiger partial charge is 0.490 e. The molecule has 6 heteroatoms. The molecule has 1 aromatic heterocycles. The highest BCUT2D eigenvalue weighted by Gasteiger charge is 2.29. The number of fused-ring (bicyclic) bond motifs is 1. The monoisotopic (exact) mass is 315 g/mol. The third-order valence-corrected chi connectivity index (χ3v) is 3.80. The van der Waals surface area contributed by atoms with Gasteiger partial charge in [0.2, 0.25) is 0 Å². The number of carbonyl (C=O) groups is 2. The third kappa shape index (κ3) is 2.79. The van der Waals surface area contributed by atoms with E-state index in [2.05, 4.69) is 0 Å². The molecule has 0 unspecified atom stereocenters. The predicted octanol–water partition coefficient (Wildman–Crippen LogP) is 2.56. The van der Waals surface area contributed by atoms with Crippen molar-refractivity contribution in [3.63, 3.8) is 0 Å². The standard InChI is InChI=1S/C17H17NO5/c1-10-3-4-12-13(7-10)22-6-5-18(12)17(21)16-11(2)9-23-14(16)8-15(19)20/h3-4,7,9H,5-6,8H2,1-2H3,(H,19,20). The molecule has 1 amide bonds. The third-order valence-electron chi connectivity index (χ3n) is 3.80. The summed E-state index contributed by atoms with van der Waals surface area (Å²) >= 11 is 0. The Hall–Kier alpha value is -2.76. The Morgan fingerprint density at radius 3 is 2.83 bits per heavy atom. The number of aliphatic carboxylic acids is 1. The summed E-state index contributed by atoms with van der Waals surface area (Å²) in [5, 5.41) is 8.98. The van der Waals surface area contributed by atoms with Gasteiger partial charge < -0.3 is 19.2 Å². The molecule has 2 heterocycles. The quantitative estimate of drug-likeness (QED) is 0.941. The van der Waals surface area contributed by atoms with E-state index < -0.39 is 5.97 Å². The molecule has 0 saturated carbocycles. The van der Waals surface area contributed by atoms with Gasteiger partial charge in [-0.25, -0.2) is 0 Å². The van der Waals surface area contributed by atoms with Crippen LogP contribution in [0.3, 0.4) is 0 Å². The van der Waals surface area contributed by atoms with Crippen molar-refractivity contribution in [2.75, 3.05) is 18.1 Å². The van der Waals surface area contributed by atoms with Crippen molar-refractivity contribution >= 4 is 17.6 Å². The number of ether oxygens (including phenoxy) is 1. The molecule has 1 aliphatic heterocycles. The molecule has 0 bridgehead atoms. The van der Waals surface area contributed by atoms with Crippen molar-refractivity contribution in [2.24, 2.45) is 0 Å². The van der Waals surface area contributed by atoms with Crippen LogP contribution in [-0.2, 0) is 11.2 Å². The Morgan fingerprint density at radius 2 is 2.09 bits per heavy atom. The molecule has 0 atom stereocenters. The highest BCUT2D eigenvalue weighted by molar-refractivity contribution is 6.09. The fourth-order valence-electron chi connectivity index (χ4n) is 2.73. The molecule has 0 fully saturated rings. The molecule has 3 rings (SSSR count). The second-order valence-corrected chi connectivity index (χ2v) is 5.56. The summed E-state index contributed by atoms with van der Waals surface area (Å²) in [6.45, 7) is 4.49. The number of anilines is 1. The number of carbonyl (C=O) groups excluding carboxylic acids is 1. The maximum absolute atomic E-state index is 12.9. The second kappa shape index (κ2) is 5.79. The maximum Gasteiger partial charge on any atom is 0.311 e. The zero-order valence-electron chi connectivity index (χ0n) is 13.0. The number of carboxylic acid groups (broad SMARTS) is 1. The minimum atomic E-state index is -1.04. The smallest absolute Gasteiger partial charge is 0.311 e. The topological polar surface area (TPSA) is 80.0 Å². The predicted molar refractivity (Wildman–Crippen MR) is 83.1 cm³/mol. The number of rotatable bonds is 3. The first-order valence-corrected chi connectivity index (χ1v) is 7.31. The Bertz CT molecular complexity index is 777. The molecule has 0 aliphatic carbocycles. The molecule has 120 valence electrons. The fraction of sp³-hybridized carbons (Fsp3) is 0.294. The van der Waals surface area contributed by atoms with Crippen LogP contribution in [0.1, 0.15) is 27.2 Å². The Balaban J connectivity index is 2.00. The average molecular weight is 315 g/mol. The van der Waals surface area contributed by atoms with Gasteiger partial charge in [0.1, 0.15) is 24.5 Å². The van der Waals surface area contributed by atoms with Gasteiger partial charge >= 0.3 is 5.97 Å². The van der Waals surface area contributed by atoms with Crippen molar-refractivity contribution < 1.29 is 23.8 Å². The molecule has 1 aliphatic rings. The van der Waals surface area contributed by atoms with Crippen LogP contribution >= 0.6 is 0 Å². The van der Waals surface area contributed by atoms with Gasteiger partial charge in [0.15, 0.2) is 0 Å². The fourth-order valence-corrected chi connectivity index (χ4v) is 2.73. The van der Waals surface area contributed by atoms with Gasteiger partial charge in [-0.15, -0.1) is 0 Å². The molecule has 1 N–H and O–H groups in total. The Morgan fingerprint density at radius 1 is 1.30 bits per heavy atom. The Labute approximate surface area is 133 Å². The van der Waals surface area contributed by atoms with Crippen molar-refractivity contribution in [2.45, 2.75) is 20.3 Å². The van der Waals surface area contributed by atoms with Crippen LogP contribution in [0.25, 0.3) is 0 Å². The van der Waals surface area contributed by atoms with E-state index in [1.54, 1.807) is 11.8 Å². The number of aryl methyl sites for hydroxylation is 2. The van der Waals surface area contributed by atoms with Crippen molar-refractivity contribution in [3.05, 3.63) is 46.9 Å². The normalized spacial score (nSPS) is 13.4. The lowest BCUT2D eigenvalue weighted by Gasteiger charge is -2.30. The number of hydrogen-bond acceptors (Lipinski definition) is 4. The highest BCUT2D eigenvalue weighted by Crippen LogP contribution is 2.34. The number of amides is 1. The van der Waals surface area contributed by atoms with Crippen molar-refractivity contribution in [1.29, 1.82) is 0 Å². The van der Waals surface area contributed by atoms with Gasteiger partial charge in [0.05, 0.1) is 24.1 Å². The van der Waals surface area contributed by atoms with Gasteiger partial charge in [-0.3, -0.25) is 9.59 Å². The molecule has 6 nitrogen and oxygen atoms in total. The summed E-state index contributed by atoms with van der Waals surface area (Å²) < 4.78 is 10.9. The SMILES string of the molecule is Cc1ccc2c(c1)OCCN2C(=O)c1c(C)coc1CC(=O)O. The zero-order valence-corrected chi connectivity index (χ0v) is 13.0. The zero-order chi connectivity index (χ0) is 16.6. The molecule has 1 aromatic carbocycles. The molecular formula is C17H17NO5. The Kier molecular flexibility index (Phi) is 3.82. The first-order chi connectivity index (χ1) is 11.0. The lowest BCUT2D eigenvalue weighted by molar-refractivity contribution is -0.136. The van der Waals surface area contributed by atoms with Crippen LogP contribution in [-0.4, -0.2) is 30.1 Å². The van der Waals surface area contributed by atoms with E-state index in [1.165, 1.54) is 6.26 Å². The van der Waals surface area contributed by atoms with E-state index in [-0.39, 0.29) is 18.1 Å². The number of benzene rings is 1. The molecule has 0 saturated heterocycles. The minimum Gasteiger partial charge on any atom is -0.490 e. The van der Waals surface area contributed by atoms with Gasteiger partial charge in [-0.05, 0) is 31.5 Å². The number of furan rings is 1. The van der Waals surface area contributed by atoms with Crippen LogP contribution in [0, 0.1) is 13.8 Å². The summed E-state index contributed by atoms with van der Waals surface area (Å²) in [6.07, 6.45) is 1.10. The second-order valence-electron chi connectivity index (χ2n) is 5.56. The van der Waals surface area contributed by atoms with Gasteiger partial charge in [0, 0.05) is 5.56 Å². The molecule has 23 heavy (non-hydrogen) atoms. The van der Waals surface area contributed by atoms with E-state index in [9.17, 15) is 9.59 Å². The van der Waals surface area contributed by atoms with Crippen LogP contribution in [0.15, 0.2) is 28.9 Å². The number of nitrogens with zero attached hydrogens (tertiary/aromatic N) is 1. The highest BCUT2D eigenvalue weighted by atomic mass is 16.5. The summed E-state index contributed by atoms with van der Waals surface area (Å²) in [4.78, 5) is 25.5. The number of hydrogen-bond donors (Lipinski definition) is 1. The van der Waals surface area contributed by atoms with E-state index in [4.69, 9.17) is 14.3 Å². The van der Waals surface area contributed by atoms with Crippen molar-refractivity contribution in [3.8, 4) is 5.75 Å². The van der Waals surface area contributed by atoms with E-state index in [0.29, 0.717) is 35.7 Å². The summed E-state index contributed by atoms with van der Waals surface area (Å²) in [5.74, 6) is -0.460. The van der Waals surface area contributed by atoms with E-state index >= 15 is 0 Å². The summed E-state index contributed by atoms with van der Waals surface area (Å²) in [6, 6.07) is 5.64. The first kappa shape index (κ1) is 15.1. The van der Waals surface area contributed by atoms with E-state index in [0.717, 1.165) is 5.56 Å². The maximum atomic E-state index is 12.9. The van der Waals surface area contributed by atoms with Crippen LogP contribution in [0.4, 0.5) is 5.69 Å². The summed E-state index contributed by atoms with van der Waals surface area (Å²) in [7, 11) is 0. The summed E-state index contributed by atoms with van der Waals surface area (Å²) in [5.41, 5.74) is 2.69. The lowest BCUT2D eigenvalue weighted by Crippen LogP contribution is -2.38. The van der Waals surface area contributed by atoms with Gasteiger partial charge in [-0.2, -0.15) is 0 Å². The minimum absolute atomic E-state index is 0.181. The molecule has 0 radical (unpaired) electrons. The first-order valence-electron chi connectivity index (χ1n) is 7.31. The molecular weight excluding hydrogens is 298 g/mol. The number of carboxylic acids is 1. The van der Waals surface area contributed by atoms with E-state index in [1.807, 2.05) is 25.1 Å². The average Bonchev–Trinajstić information content (AvgIpc) is 2.85. The van der Waals surface area contributed by atoms with Gasteiger partial charge in [-0.1, -0.05) is 6.07 Å². The van der Waals surface area contributed by atoms with Crippen LogP contribution in [0.2, 0.25) is 0 Å². The van der Waals surface area contributed by atoms with Crippen LogP contribution < -0.4 is 9.64 Å². The molecule has 2 aromatic rings. The lowest BCUT2D eigenvalue weighted by atomic mass is 10.1. The van der Waals surface area contributed by atoms with Crippen molar-refractivity contribution in [1.82, 2.24) is 0 Å². The van der Waals surface area contributed by atoms with Gasteiger partial charge in [0.25, 0.3) is 5.91 Å². The molecule has 0 spiro atoms. The van der Waals surface area contributed by atoms with Crippen LogP contribution in [0.5, 0.6) is 5.75 Å².